The Labute approximate surface area is 302 Å². The number of hydrogen-bond donors (Lipinski definition) is 2. The molecule has 4 aliphatic rings. The van der Waals surface area contributed by atoms with Gasteiger partial charge >= 0.3 is 18.2 Å². The number of aliphatic imine (C=N–C) groups is 1. The lowest BCUT2D eigenvalue weighted by Gasteiger charge is -2.49. The van der Waals surface area contributed by atoms with Crippen LogP contribution in [-0.4, -0.2) is 136 Å². The second-order valence-corrected chi connectivity index (χ2v) is 15.4. The molecular weight excluding hydrogens is 664 g/mol. The molecule has 0 aromatic carbocycles. The van der Waals surface area contributed by atoms with Crippen LogP contribution in [0.5, 0.6) is 0 Å². The number of rotatable bonds is 5. The number of nitrogens with zero attached hydrogens (tertiary/aromatic N) is 2. The van der Waals surface area contributed by atoms with Gasteiger partial charge < -0.3 is 48.7 Å². The second kappa shape index (κ2) is 16.4. The predicted molar refractivity (Wildman–Crippen MR) is 186 cm³/mol. The standard InChI is InChI=1S/C36H60N4O11/c1-13-25-36(8)29(39-34(44)51-36)20(4)26(41)18(2)15-35(7)30(49-32-28(45-12)24(40(10)11)14-19(3)47-32)21(5)27(22(6)31(42)48-25)46-17-23(37-9)16-38-33(43)50-35/h18-22,24-25,27-30,32H,13-17H2,1-12H3,(H,38,43)(H,39,44)/t18-,19-,20+,21+,22-,24+,25-,27+,28-,29-,30-,32+,35-,36-/m1/s1. The highest BCUT2D eigenvalue weighted by molar-refractivity contribution is 5.90. The van der Waals surface area contributed by atoms with E-state index in [1.807, 2.05) is 34.9 Å². The third kappa shape index (κ3) is 8.53. The van der Waals surface area contributed by atoms with E-state index < -0.39 is 89.8 Å². The topological polar surface area (TPSA) is 173 Å². The Bertz CT molecular complexity index is 1310. The maximum absolute atomic E-state index is 14.4. The average Bonchev–Trinajstić information content (AvgIpc) is 3.38. The Hall–Kier alpha value is -2.85. The number of amides is 2. The molecule has 4 aliphatic heterocycles. The minimum atomic E-state index is -1.48. The lowest BCUT2D eigenvalue weighted by molar-refractivity contribution is -0.302. The third-order valence-corrected chi connectivity index (χ3v) is 11.4. The van der Waals surface area contributed by atoms with E-state index in [0.717, 1.165) is 0 Å². The largest absolute Gasteiger partial charge is 0.458 e. The molecule has 290 valence electrons. The zero-order valence-corrected chi connectivity index (χ0v) is 32.3. The number of carbonyl (C=O) groups is 4. The number of ether oxygens (including phenoxy) is 7. The number of likely N-dealkylation sites (N-methyl/N-ethyl adjacent to an activating group) is 1. The molecule has 2 bridgehead atoms. The molecule has 0 aromatic heterocycles. The van der Waals surface area contributed by atoms with Crippen molar-refractivity contribution in [3.63, 3.8) is 0 Å². The summed E-state index contributed by atoms with van der Waals surface area (Å²) >= 11 is 0. The van der Waals surface area contributed by atoms with Crippen LogP contribution in [0.2, 0.25) is 0 Å². The fourth-order valence-corrected chi connectivity index (χ4v) is 8.58. The molecule has 0 aliphatic carbocycles. The summed E-state index contributed by atoms with van der Waals surface area (Å²) in [5.41, 5.74) is -2.31. The third-order valence-electron chi connectivity index (χ3n) is 11.4. The molecule has 0 saturated carbocycles. The first kappa shape index (κ1) is 40.9. The van der Waals surface area contributed by atoms with Crippen molar-refractivity contribution < 1.29 is 52.3 Å². The van der Waals surface area contributed by atoms with Crippen molar-refractivity contribution in [3.05, 3.63) is 0 Å². The SMILES string of the molecule is CC[C@H]1OC(=O)[C@H](C)[C@H]2OCC(=NC)CNC(=O)O[C@](C)(C[C@@H](C)C(=O)[C@H](C)[C@H]3NC(=O)O[C@@]31C)[C@H](O[C@@H]1O[C@H](C)C[C@H](N(C)C)[C@H]1OC)[C@H]2C. The Kier molecular flexibility index (Phi) is 13.2. The van der Waals surface area contributed by atoms with Crippen LogP contribution in [0.1, 0.15) is 74.7 Å². The number of hydrogen-bond acceptors (Lipinski definition) is 13. The van der Waals surface area contributed by atoms with Gasteiger partial charge in [-0.3, -0.25) is 14.6 Å². The Morgan fingerprint density at radius 3 is 2.29 bits per heavy atom. The summed E-state index contributed by atoms with van der Waals surface area (Å²) in [6, 6.07) is -0.873. The van der Waals surface area contributed by atoms with Gasteiger partial charge in [0, 0.05) is 38.0 Å². The number of esters is 1. The van der Waals surface area contributed by atoms with Gasteiger partial charge in [-0.25, -0.2) is 9.59 Å². The van der Waals surface area contributed by atoms with Gasteiger partial charge in [-0.1, -0.05) is 27.7 Å². The van der Waals surface area contributed by atoms with Gasteiger partial charge in [0.2, 0.25) is 0 Å². The van der Waals surface area contributed by atoms with Crippen LogP contribution < -0.4 is 10.6 Å². The maximum Gasteiger partial charge on any atom is 0.408 e. The summed E-state index contributed by atoms with van der Waals surface area (Å²) < 4.78 is 44.2. The van der Waals surface area contributed by atoms with E-state index >= 15 is 0 Å². The van der Waals surface area contributed by atoms with E-state index in [9.17, 15) is 19.2 Å². The van der Waals surface area contributed by atoms with Crippen molar-refractivity contribution in [2.75, 3.05) is 41.4 Å². The van der Waals surface area contributed by atoms with Crippen LogP contribution in [0.25, 0.3) is 0 Å². The van der Waals surface area contributed by atoms with Crippen LogP contribution in [-0.2, 0) is 42.7 Å². The molecule has 14 atom stereocenters. The summed E-state index contributed by atoms with van der Waals surface area (Å²) in [5.74, 6) is -3.78. The molecule has 15 heteroatoms. The minimum Gasteiger partial charge on any atom is -0.458 e. The Morgan fingerprint density at radius 2 is 1.69 bits per heavy atom. The quantitative estimate of drug-likeness (QED) is 0.314. The van der Waals surface area contributed by atoms with Gasteiger partial charge in [-0.05, 0) is 61.1 Å². The Balaban J connectivity index is 1.91. The summed E-state index contributed by atoms with van der Waals surface area (Å²) in [7, 11) is 7.12. The van der Waals surface area contributed by atoms with E-state index in [1.54, 1.807) is 48.8 Å². The van der Waals surface area contributed by atoms with Gasteiger partial charge in [-0.15, -0.1) is 0 Å². The van der Waals surface area contributed by atoms with Crippen LogP contribution in [0.3, 0.4) is 0 Å². The van der Waals surface area contributed by atoms with Gasteiger partial charge in [-0.2, -0.15) is 0 Å². The smallest absolute Gasteiger partial charge is 0.408 e. The maximum atomic E-state index is 14.4. The molecular formula is C36H60N4O11. The summed E-state index contributed by atoms with van der Waals surface area (Å²) in [4.78, 5) is 61.3. The number of methoxy groups -OCH3 is 1. The molecule has 2 N–H and O–H groups in total. The molecule has 4 rings (SSSR count). The lowest BCUT2D eigenvalue weighted by Crippen LogP contribution is -2.61. The number of nitrogens with one attached hydrogen (secondary N) is 2. The van der Waals surface area contributed by atoms with Crippen molar-refractivity contribution in [1.82, 2.24) is 15.5 Å². The average molecular weight is 725 g/mol. The highest BCUT2D eigenvalue weighted by atomic mass is 16.7. The molecule has 0 spiro atoms. The first-order chi connectivity index (χ1) is 23.9. The zero-order chi connectivity index (χ0) is 38.0. The van der Waals surface area contributed by atoms with Crippen molar-refractivity contribution in [2.45, 2.75) is 135 Å². The highest BCUT2D eigenvalue weighted by Gasteiger charge is 2.58. The van der Waals surface area contributed by atoms with E-state index in [2.05, 4.69) is 20.5 Å². The van der Waals surface area contributed by atoms with E-state index in [-0.39, 0.29) is 37.5 Å². The first-order valence-electron chi connectivity index (χ1n) is 18.2. The van der Waals surface area contributed by atoms with Crippen molar-refractivity contribution in [2.24, 2.45) is 28.7 Å². The predicted octanol–water partition coefficient (Wildman–Crippen LogP) is 3.11. The fourth-order valence-electron chi connectivity index (χ4n) is 8.58. The van der Waals surface area contributed by atoms with Gasteiger partial charge in [0.1, 0.15) is 29.7 Å². The normalized spacial score (nSPS) is 44.0. The minimum absolute atomic E-state index is 0.00185. The molecule has 0 radical (unpaired) electrons. The van der Waals surface area contributed by atoms with Crippen LogP contribution in [0.15, 0.2) is 4.99 Å². The van der Waals surface area contributed by atoms with Crippen molar-refractivity contribution >= 4 is 29.7 Å². The molecule has 2 amide bonds. The molecule has 51 heavy (non-hydrogen) atoms. The number of cyclic esters (lactones) is 1. The number of alkyl carbamates (subject to hydrolysis) is 2. The van der Waals surface area contributed by atoms with Gasteiger partial charge in [0.25, 0.3) is 0 Å². The number of carbonyl (C=O) groups excluding carboxylic acids is 4. The van der Waals surface area contributed by atoms with E-state index in [1.165, 1.54) is 0 Å². The van der Waals surface area contributed by atoms with Crippen molar-refractivity contribution in [3.8, 4) is 0 Å². The van der Waals surface area contributed by atoms with Gasteiger partial charge in [0.15, 0.2) is 11.9 Å². The lowest BCUT2D eigenvalue weighted by atomic mass is 9.73. The summed E-state index contributed by atoms with van der Waals surface area (Å²) in [5, 5.41) is 5.58. The Morgan fingerprint density at radius 1 is 1.00 bits per heavy atom. The number of Topliss-reactive ketones (excluding diaryl/α,β-unsaturated/α-hetero) is 1. The molecule has 4 heterocycles. The summed E-state index contributed by atoms with van der Waals surface area (Å²) in [6.07, 6.45) is -4.76. The van der Waals surface area contributed by atoms with Crippen molar-refractivity contribution in [1.29, 1.82) is 0 Å². The van der Waals surface area contributed by atoms with E-state index in [4.69, 9.17) is 33.2 Å². The first-order valence-corrected chi connectivity index (χ1v) is 18.2. The number of ketones is 1. The molecule has 0 aromatic rings. The number of fused-ring (bicyclic) bond motifs is 4. The van der Waals surface area contributed by atoms with Crippen LogP contribution >= 0.6 is 0 Å². The van der Waals surface area contributed by atoms with Gasteiger partial charge in [0.05, 0.1) is 43.0 Å². The second-order valence-electron chi connectivity index (χ2n) is 15.4. The molecule has 15 nitrogen and oxygen atoms in total. The summed E-state index contributed by atoms with van der Waals surface area (Å²) in [6.45, 7) is 14.3. The molecule has 0 unspecified atom stereocenters. The monoisotopic (exact) mass is 724 g/mol. The zero-order valence-electron chi connectivity index (χ0n) is 32.3. The van der Waals surface area contributed by atoms with E-state index in [0.29, 0.717) is 18.6 Å². The fraction of sp³-hybridized carbons (Fsp3) is 0.861. The van der Waals surface area contributed by atoms with Crippen LogP contribution in [0, 0.1) is 23.7 Å². The molecule has 4 saturated heterocycles. The molecule has 4 fully saturated rings. The van der Waals surface area contributed by atoms with Crippen LogP contribution in [0.4, 0.5) is 9.59 Å². The highest BCUT2D eigenvalue weighted by Crippen LogP contribution is 2.42.